The van der Waals surface area contributed by atoms with Crippen LogP contribution in [0.25, 0.3) is 43.1 Å². The molecule has 0 bridgehead atoms. The summed E-state index contributed by atoms with van der Waals surface area (Å²) in [6.45, 7) is 25.8. The van der Waals surface area contributed by atoms with E-state index in [1.807, 2.05) is 97.1 Å². The molecule has 2 atom stereocenters. The van der Waals surface area contributed by atoms with Gasteiger partial charge in [0.1, 0.15) is 58.1 Å². The highest BCUT2D eigenvalue weighted by Gasteiger charge is 2.50. The van der Waals surface area contributed by atoms with Crippen molar-refractivity contribution < 1.29 is 47.7 Å². The fraction of sp³-hybridized carbons (Fsp3) is 0.457. The number of hydrogen-bond acceptors (Lipinski definition) is 10. The standard InChI is InChI=1S/C92H104N4O10/c1-89(2,3)55-33-41-61(42-34-55)103-69-49-65-73-66(86(100)95(85(65)99)81(53-25-17-13-18-26-53)83(97)93-59-29-21-15-22-30-59)51-71(105-63-45-37-57(38-46-63)91(7,8)9)77-78-72(106-64-47-39-58(40-48-64)92(10,11)12)52-68-74-67(50-70(76(80(74)78)75(69)79(73)77)104-62-43-35-56(36-44-62)90(4,5)6)87(101)96(88(68)102)82(54-27-19-14-20-28-54)84(98)94-60-31-23-16-24-32-60/h33-54,59-60,81-82H,13-32H2,1-12H3,(H,93,97)(H,94,98). The maximum absolute atomic E-state index is 16.8. The molecule has 15 rings (SSSR count). The number of imide groups is 2. The van der Waals surface area contributed by atoms with Crippen LogP contribution in [0.5, 0.6) is 46.0 Å². The largest absolute Gasteiger partial charge is 0.457 e. The highest BCUT2D eigenvalue weighted by Crippen LogP contribution is 2.59. The Morgan fingerprint density at radius 1 is 0.311 bits per heavy atom. The Morgan fingerprint density at radius 3 is 0.745 bits per heavy atom. The Bertz CT molecular complexity index is 4350. The second-order valence-corrected chi connectivity index (χ2v) is 35.5. The van der Waals surface area contributed by atoms with Crippen LogP contribution in [0.1, 0.15) is 275 Å². The first-order valence-electron chi connectivity index (χ1n) is 39.5. The van der Waals surface area contributed by atoms with Gasteiger partial charge in [0.2, 0.25) is 11.8 Å². The van der Waals surface area contributed by atoms with E-state index in [2.05, 4.69) is 93.7 Å². The molecule has 0 aromatic heterocycles. The van der Waals surface area contributed by atoms with E-state index in [0.717, 1.165) is 125 Å². The molecule has 9 aromatic rings. The fourth-order valence-electron chi connectivity index (χ4n) is 18.0. The second kappa shape index (κ2) is 28.1. The van der Waals surface area contributed by atoms with Crippen LogP contribution in [0.15, 0.2) is 121 Å². The zero-order valence-electron chi connectivity index (χ0n) is 64.1. The summed E-state index contributed by atoms with van der Waals surface area (Å²) in [5.41, 5.74) is 3.90. The van der Waals surface area contributed by atoms with Crippen molar-refractivity contribution in [1.82, 2.24) is 20.4 Å². The maximum Gasteiger partial charge on any atom is 0.262 e. The van der Waals surface area contributed by atoms with Crippen molar-refractivity contribution in [2.75, 3.05) is 0 Å². The van der Waals surface area contributed by atoms with Gasteiger partial charge in [-0.1, -0.05) is 209 Å². The molecule has 2 aliphatic heterocycles. The molecule has 4 fully saturated rings. The SMILES string of the molecule is CC(C)(C)c1ccc(Oc2cc3c4c(cc(Oc5ccc(C(C)(C)C)cc5)c5c6c(Oc7ccc(C(C)(C)C)cc7)cc7c8c(cc(Oc9ccc(C(C)(C)C)cc9)c(c2c45)c86)C(=O)N(C(C(=O)NC2CCCCC2)C2CCCCC2)C7=O)C(=O)N(C(C(=O)NC2CCCCC2)C2CCCCC2)C3=O)cc1. The molecule has 6 aliphatic rings. The summed E-state index contributed by atoms with van der Waals surface area (Å²) in [7, 11) is 0. The molecule has 4 aliphatic carbocycles. The molecule has 2 N–H and O–H groups in total. The molecule has 0 radical (unpaired) electrons. The summed E-state index contributed by atoms with van der Waals surface area (Å²) < 4.78 is 29.9. The molecule has 552 valence electrons. The topological polar surface area (TPSA) is 170 Å². The molecule has 9 aromatic carbocycles. The van der Waals surface area contributed by atoms with Crippen LogP contribution in [-0.2, 0) is 31.2 Å². The van der Waals surface area contributed by atoms with Crippen molar-refractivity contribution in [3.05, 3.63) is 166 Å². The van der Waals surface area contributed by atoms with Crippen LogP contribution in [-0.4, -0.2) is 69.4 Å². The molecule has 2 unspecified atom stereocenters. The normalized spacial score (nSPS) is 18.3. The van der Waals surface area contributed by atoms with Crippen LogP contribution in [0.4, 0.5) is 0 Å². The third-order valence-electron chi connectivity index (χ3n) is 23.9. The van der Waals surface area contributed by atoms with Gasteiger partial charge in [-0.3, -0.25) is 38.6 Å². The third-order valence-corrected chi connectivity index (χ3v) is 23.9. The number of amides is 6. The minimum Gasteiger partial charge on any atom is -0.457 e. The van der Waals surface area contributed by atoms with E-state index in [-0.39, 0.29) is 103 Å². The molecule has 0 saturated heterocycles. The summed E-state index contributed by atoms with van der Waals surface area (Å²) in [6.07, 6.45) is 17.3. The predicted octanol–water partition coefficient (Wildman–Crippen LogP) is 22.1. The van der Waals surface area contributed by atoms with Gasteiger partial charge in [0.15, 0.2) is 0 Å². The molecule has 4 saturated carbocycles. The third kappa shape index (κ3) is 13.7. The predicted molar refractivity (Wildman–Crippen MR) is 420 cm³/mol. The van der Waals surface area contributed by atoms with Crippen molar-refractivity contribution in [3.63, 3.8) is 0 Å². The van der Waals surface area contributed by atoms with Gasteiger partial charge >= 0.3 is 0 Å². The summed E-state index contributed by atoms with van der Waals surface area (Å²) in [6, 6.07) is 36.0. The van der Waals surface area contributed by atoms with E-state index >= 15 is 28.8 Å². The molecular formula is C92H104N4O10. The highest BCUT2D eigenvalue weighted by molar-refractivity contribution is 6.45. The average molecular weight is 1430 g/mol. The van der Waals surface area contributed by atoms with Gasteiger partial charge < -0.3 is 29.6 Å². The van der Waals surface area contributed by atoms with Gasteiger partial charge in [-0.2, -0.15) is 0 Å². The number of ether oxygens (including phenoxy) is 4. The first-order chi connectivity index (χ1) is 50.6. The Hall–Kier alpha value is -9.30. The van der Waals surface area contributed by atoms with E-state index < -0.39 is 35.7 Å². The Morgan fingerprint density at radius 2 is 0.528 bits per heavy atom. The quantitative estimate of drug-likeness (QED) is 0.0539. The lowest BCUT2D eigenvalue weighted by Gasteiger charge is -2.40. The smallest absolute Gasteiger partial charge is 0.262 e. The molecule has 14 heteroatoms. The molecule has 106 heavy (non-hydrogen) atoms. The Balaban J connectivity index is 1.09. The zero-order valence-corrected chi connectivity index (χ0v) is 64.1. The van der Waals surface area contributed by atoms with Crippen LogP contribution in [0, 0.1) is 11.8 Å². The van der Waals surface area contributed by atoms with Crippen LogP contribution >= 0.6 is 0 Å². The lowest BCUT2D eigenvalue weighted by molar-refractivity contribution is -0.128. The Labute approximate surface area is 624 Å². The number of nitrogens with one attached hydrogen (secondary N) is 2. The number of carbonyl (C=O) groups is 6. The average Bonchev–Trinajstić information content (AvgIpc) is 0.672. The van der Waals surface area contributed by atoms with Gasteiger partial charge in [0.25, 0.3) is 23.6 Å². The van der Waals surface area contributed by atoms with Crippen LogP contribution < -0.4 is 29.6 Å². The lowest BCUT2D eigenvalue weighted by Crippen LogP contribution is -2.58. The van der Waals surface area contributed by atoms with E-state index in [4.69, 9.17) is 18.9 Å². The van der Waals surface area contributed by atoms with E-state index in [1.165, 1.54) is 9.80 Å². The Kier molecular flexibility index (Phi) is 19.2. The maximum atomic E-state index is 16.8. The molecule has 6 amide bonds. The fourth-order valence-corrected chi connectivity index (χ4v) is 18.0. The van der Waals surface area contributed by atoms with Gasteiger partial charge in [0, 0.05) is 55.2 Å². The van der Waals surface area contributed by atoms with Gasteiger partial charge in [-0.05, 0) is 180 Å². The number of benzene rings is 9. The number of rotatable bonds is 16. The van der Waals surface area contributed by atoms with Gasteiger partial charge in [-0.25, -0.2) is 0 Å². The zero-order chi connectivity index (χ0) is 74.5. The van der Waals surface area contributed by atoms with Gasteiger partial charge in [0.05, 0.1) is 22.3 Å². The van der Waals surface area contributed by atoms with Crippen molar-refractivity contribution in [2.45, 2.75) is 257 Å². The van der Waals surface area contributed by atoms with E-state index in [1.54, 1.807) is 24.3 Å². The number of fused-ring (bicyclic) bond motifs is 2. The minimum atomic E-state index is -1.14. The van der Waals surface area contributed by atoms with Crippen molar-refractivity contribution in [1.29, 1.82) is 0 Å². The number of hydrogen-bond donors (Lipinski definition) is 2. The lowest BCUT2D eigenvalue weighted by atomic mass is 9.78. The number of carbonyl (C=O) groups excluding carboxylic acids is 6. The van der Waals surface area contributed by atoms with Crippen LogP contribution in [0.2, 0.25) is 0 Å². The molecule has 2 heterocycles. The van der Waals surface area contributed by atoms with E-state index in [9.17, 15) is 0 Å². The van der Waals surface area contributed by atoms with Crippen LogP contribution in [0.3, 0.4) is 0 Å². The summed E-state index contributed by atoms with van der Waals surface area (Å²) in [4.78, 5) is 101. The minimum absolute atomic E-state index is 0.0991. The van der Waals surface area contributed by atoms with Crippen molar-refractivity contribution >= 4 is 78.5 Å². The summed E-state index contributed by atoms with van der Waals surface area (Å²) in [5.74, 6) is -1.33. The summed E-state index contributed by atoms with van der Waals surface area (Å²) >= 11 is 0. The van der Waals surface area contributed by atoms with E-state index in [0.29, 0.717) is 91.8 Å². The molecule has 14 nitrogen and oxygen atoms in total. The molecule has 0 spiro atoms. The van der Waals surface area contributed by atoms with Gasteiger partial charge in [-0.15, -0.1) is 0 Å². The van der Waals surface area contributed by atoms with Crippen molar-refractivity contribution in [2.24, 2.45) is 11.8 Å². The second-order valence-electron chi connectivity index (χ2n) is 35.5. The first-order valence-corrected chi connectivity index (χ1v) is 39.5. The number of nitrogens with zero attached hydrogens (tertiary/aromatic N) is 2. The van der Waals surface area contributed by atoms with Crippen molar-refractivity contribution in [3.8, 4) is 46.0 Å². The molecular weight excluding hydrogens is 1320 g/mol. The first kappa shape index (κ1) is 72.3. The monoisotopic (exact) mass is 1420 g/mol. The summed E-state index contributed by atoms with van der Waals surface area (Å²) in [5, 5.41) is 9.74. The highest BCUT2D eigenvalue weighted by atomic mass is 16.5.